The van der Waals surface area contributed by atoms with Gasteiger partial charge >= 0.3 is 5.97 Å². The molecule has 5 heteroatoms. The normalized spacial score (nSPS) is 10.2. The fourth-order valence-electron chi connectivity index (χ4n) is 2.09. The number of benzene rings is 1. The number of carbonyl (C=O) groups is 1. The van der Waals surface area contributed by atoms with E-state index in [1.807, 2.05) is 30.1 Å². The molecule has 0 aliphatic heterocycles. The van der Waals surface area contributed by atoms with E-state index in [9.17, 15) is 4.79 Å². The molecule has 0 aliphatic carbocycles. The summed E-state index contributed by atoms with van der Waals surface area (Å²) in [5.74, 6) is 0.142. The van der Waals surface area contributed by atoms with Crippen LogP contribution in [-0.2, 0) is 11.2 Å². The molecule has 0 unspecified atom stereocenters. The second-order valence-corrected chi connectivity index (χ2v) is 4.79. The van der Waals surface area contributed by atoms with E-state index in [0.717, 1.165) is 13.0 Å². The Morgan fingerprint density at radius 1 is 1.33 bits per heavy atom. The highest BCUT2D eigenvalue weighted by molar-refractivity contribution is 5.95. The fourth-order valence-corrected chi connectivity index (χ4v) is 2.09. The summed E-state index contributed by atoms with van der Waals surface area (Å²) in [6.45, 7) is 0.741. The summed E-state index contributed by atoms with van der Waals surface area (Å²) in [7, 11) is 3.24. The minimum Gasteiger partial charge on any atom is -0.465 e. The highest BCUT2D eigenvalue weighted by Crippen LogP contribution is 2.20. The summed E-state index contributed by atoms with van der Waals surface area (Å²) >= 11 is 0. The van der Waals surface area contributed by atoms with Crippen molar-refractivity contribution < 1.29 is 9.53 Å². The number of pyridine rings is 1. The van der Waals surface area contributed by atoms with Gasteiger partial charge in [-0.25, -0.2) is 9.78 Å². The van der Waals surface area contributed by atoms with Gasteiger partial charge in [0.2, 0.25) is 0 Å². The molecule has 2 rings (SSSR count). The second-order valence-electron chi connectivity index (χ2n) is 4.79. The van der Waals surface area contributed by atoms with E-state index in [1.54, 1.807) is 12.3 Å². The summed E-state index contributed by atoms with van der Waals surface area (Å²) in [6.07, 6.45) is 2.41. The SMILES string of the molecule is COC(=O)c1cc(N)cnc1N(C)CCc1ccccc1. The lowest BCUT2D eigenvalue weighted by atomic mass is 10.1. The molecule has 0 saturated heterocycles. The Balaban J connectivity index is 2.15. The quantitative estimate of drug-likeness (QED) is 0.852. The molecule has 1 aromatic carbocycles. The molecule has 5 nitrogen and oxygen atoms in total. The van der Waals surface area contributed by atoms with Crippen molar-refractivity contribution in [1.29, 1.82) is 0 Å². The molecule has 0 saturated carbocycles. The number of nitrogens with zero attached hydrogens (tertiary/aromatic N) is 2. The van der Waals surface area contributed by atoms with Crippen LogP contribution in [0.4, 0.5) is 11.5 Å². The lowest BCUT2D eigenvalue weighted by molar-refractivity contribution is 0.0601. The summed E-state index contributed by atoms with van der Waals surface area (Å²) in [6, 6.07) is 11.8. The number of hydrogen-bond donors (Lipinski definition) is 1. The van der Waals surface area contributed by atoms with Crippen LogP contribution in [0, 0.1) is 0 Å². The first-order valence-electron chi connectivity index (χ1n) is 6.70. The fraction of sp³-hybridized carbons (Fsp3) is 0.250. The van der Waals surface area contributed by atoms with Crippen LogP contribution >= 0.6 is 0 Å². The maximum Gasteiger partial charge on any atom is 0.341 e. The van der Waals surface area contributed by atoms with Gasteiger partial charge < -0.3 is 15.4 Å². The number of esters is 1. The zero-order valence-corrected chi connectivity index (χ0v) is 12.2. The lowest BCUT2D eigenvalue weighted by Gasteiger charge is -2.20. The molecule has 110 valence electrons. The van der Waals surface area contributed by atoms with Gasteiger partial charge in [-0.15, -0.1) is 0 Å². The highest BCUT2D eigenvalue weighted by atomic mass is 16.5. The lowest BCUT2D eigenvalue weighted by Crippen LogP contribution is -2.24. The smallest absolute Gasteiger partial charge is 0.341 e. The van der Waals surface area contributed by atoms with Gasteiger partial charge in [0.15, 0.2) is 0 Å². The number of nitrogens with two attached hydrogens (primary N) is 1. The third kappa shape index (κ3) is 3.72. The van der Waals surface area contributed by atoms with Gasteiger partial charge in [-0.1, -0.05) is 30.3 Å². The van der Waals surface area contributed by atoms with Gasteiger partial charge in [-0.3, -0.25) is 0 Å². The van der Waals surface area contributed by atoms with Crippen molar-refractivity contribution in [2.75, 3.05) is 31.3 Å². The van der Waals surface area contributed by atoms with Gasteiger partial charge in [0.1, 0.15) is 11.4 Å². The van der Waals surface area contributed by atoms with E-state index >= 15 is 0 Å². The van der Waals surface area contributed by atoms with Crippen molar-refractivity contribution in [1.82, 2.24) is 4.98 Å². The van der Waals surface area contributed by atoms with Crippen molar-refractivity contribution >= 4 is 17.5 Å². The Morgan fingerprint density at radius 3 is 2.71 bits per heavy atom. The third-order valence-electron chi connectivity index (χ3n) is 3.23. The Bertz CT molecular complexity index is 614. The topological polar surface area (TPSA) is 68.5 Å². The monoisotopic (exact) mass is 285 g/mol. The first kappa shape index (κ1) is 14.8. The van der Waals surface area contributed by atoms with Crippen molar-refractivity contribution in [3.8, 4) is 0 Å². The molecule has 0 fully saturated rings. The van der Waals surface area contributed by atoms with Crippen molar-refractivity contribution in [3.05, 3.63) is 53.7 Å². The standard InChI is InChI=1S/C16H19N3O2/c1-19(9-8-12-6-4-3-5-7-12)15-14(16(20)21-2)10-13(17)11-18-15/h3-7,10-11H,8-9,17H2,1-2H3. The predicted molar refractivity (Wildman–Crippen MR) is 83.4 cm³/mol. The number of likely N-dealkylation sites (N-methyl/N-ethyl adjacent to an activating group) is 1. The Kier molecular flexibility index (Phi) is 4.77. The van der Waals surface area contributed by atoms with Crippen LogP contribution in [0.25, 0.3) is 0 Å². The summed E-state index contributed by atoms with van der Waals surface area (Å²) < 4.78 is 4.78. The third-order valence-corrected chi connectivity index (χ3v) is 3.23. The maximum absolute atomic E-state index is 11.8. The largest absolute Gasteiger partial charge is 0.465 e. The number of hydrogen-bond acceptors (Lipinski definition) is 5. The van der Waals surface area contributed by atoms with Crippen molar-refractivity contribution in [2.45, 2.75) is 6.42 Å². The van der Waals surface area contributed by atoms with Gasteiger partial charge in [0.25, 0.3) is 0 Å². The van der Waals surface area contributed by atoms with Crippen LogP contribution in [0.5, 0.6) is 0 Å². The number of nitrogen functional groups attached to an aromatic ring is 1. The van der Waals surface area contributed by atoms with Crippen LogP contribution in [0.2, 0.25) is 0 Å². The molecular weight excluding hydrogens is 266 g/mol. The number of carbonyl (C=O) groups excluding carboxylic acids is 1. The molecular formula is C16H19N3O2. The number of ether oxygens (including phenoxy) is 1. The first-order valence-corrected chi connectivity index (χ1v) is 6.70. The molecule has 0 atom stereocenters. The zero-order valence-electron chi connectivity index (χ0n) is 12.2. The average molecular weight is 285 g/mol. The van der Waals surface area contributed by atoms with E-state index in [2.05, 4.69) is 17.1 Å². The Hall–Kier alpha value is -2.56. The Morgan fingerprint density at radius 2 is 2.05 bits per heavy atom. The molecule has 0 spiro atoms. The van der Waals surface area contributed by atoms with Gasteiger partial charge in [-0.05, 0) is 18.1 Å². The molecule has 0 radical (unpaired) electrons. The molecule has 2 aromatic rings. The average Bonchev–Trinajstić information content (AvgIpc) is 2.52. The molecule has 1 heterocycles. The van der Waals surface area contributed by atoms with Crippen molar-refractivity contribution in [2.24, 2.45) is 0 Å². The Labute approximate surface area is 124 Å². The predicted octanol–water partition coefficient (Wildman–Crippen LogP) is 2.13. The summed E-state index contributed by atoms with van der Waals surface area (Å²) in [4.78, 5) is 18.0. The van der Waals surface area contributed by atoms with Crippen LogP contribution in [0.15, 0.2) is 42.6 Å². The second kappa shape index (κ2) is 6.74. The molecule has 2 N–H and O–H groups in total. The minimum absolute atomic E-state index is 0.382. The highest BCUT2D eigenvalue weighted by Gasteiger charge is 2.16. The van der Waals surface area contributed by atoms with Crippen LogP contribution in [0.1, 0.15) is 15.9 Å². The number of rotatable bonds is 5. The molecule has 1 aromatic heterocycles. The molecule has 0 bridgehead atoms. The first-order chi connectivity index (χ1) is 10.1. The maximum atomic E-state index is 11.8. The summed E-state index contributed by atoms with van der Waals surface area (Å²) in [5.41, 5.74) is 7.75. The van der Waals surface area contributed by atoms with Crippen LogP contribution < -0.4 is 10.6 Å². The van der Waals surface area contributed by atoms with Crippen LogP contribution in [0.3, 0.4) is 0 Å². The summed E-state index contributed by atoms with van der Waals surface area (Å²) in [5, 5.41) is 0. The van der Waals surface area contributed by atoms with E-state index in [0.29, 0.717) is 17.1 Å². The van der Waals surface area contributed by atoms with E-state index < -0.39 is 5.97 Å². The van der Waals surface area contributed by atoms with E-state index in [-0.39, 0.29) is 0 Å². The van der Waals surface area contributed by atoms with E-state index in [1.165, 1.54) is 12.7 Å². The number of methoxy groups -OCH3 is 1. The molecule has 0 aliphatic rings. The molecule has 21 heavy (non-hydrogen) atoms. The zero-order chi connectivity index (χ0) is 15.2. The van der Waals surface area contributed by atoms with Gasteiger partial charge in [-0.2, -0.15) is 0 Å². The van der Waals surface area contributed by atoms with Gasteiger partial charge in [0, 0.05) is 13.6 Å². The number of anilines is 2. The van der Waals surface area contributed by atoms with Crippen molar-refractivity contribution in [3.63, 3.8) is 0 Å². The van der Waals surface area contributed by atoms with E-state index in [4.69, 9.17) is 10.5 Å². The minimum atomic E-state index is -0.434. The van der Waals surface area contributed by atoms with Crippen LogP contribution in [-0.4, -0.2) is 31.7 Å². The van der Waals surface area contributed by atoms with Gasteiger partial charge in [0.05, 0.1) is 19.0 Å². The molecule has 0 amide bonds. The number of aromatic nitrogens is 1.